The van der Waals surface area contributed by atoms with Crippen LogP contribution in [0.25, 0.3) is 0 Å². The Hall–Kier alpha value is -1.69. The molecule has 0 saturated heterocycles. The average Bonchev–Trinajstić information content (AvgIpc) is 2.52. The van der Waals surface area contributed by atoms with E-state index in [1.807, 2.05) is 37.3 Å². The van der Waals surface area contributed by atoms with Crippen LogP contribution in [0.5, 0.6) is 0 Å². The fourth-order valence-corrected chi connectivity index (χ4v) is 3.02. The molecule has 0 bridgehead atoms. The van der Waals surface area contributed by atoms with Crippen molar-refractivity contribution in [3.63, 3.8) is 0 Å². The summed E-state index contributed by atoms with van der Waals surface area (Å²) in [7, 11) is -3.42. The summed E-state index contributed by atoms with van der Waals surface area (Å²) in [5, 5.41) is 0. The van der Waals surface area contributed by atoms with E-state index in [4.69, 9.17) is 4.74 Å². The molecule has 2 aromatic carbocycles. The lowest BCUT2D eigenvalue weighted by Gasteiger charge is -2.08. The number of benzene rings is 2. The van der Waals surface area contributed by atoms with Crippen LogP contribution >= 0.6 is 0 Å². The molecule has 0 heterocycles. The summed E-state index contributed by atoms with van der Waals surface area (Å²) in [6, 6.07) is 16.7. The van der Waals surface area contributed by atoms with E-state index in [-0.39, 0.29) is 0 Å². The Balaban J connectivity index is 1.68. The molecule has 0 aliphatic rings. The first kappa shape index (κ1) is 16.7. The van der Waals surface area contributed by atoms with Crippen LogP contribution < -0.4 is 4.72 Å². The summed E-state index contributed by atoms with van der Waals surface area (Å²) in [5.74, 6) is 0. The molecule has 4 nitrogen and oxygen atoms in total. The second-order valence-corrected chi connectivity index (χ2v) is 6.87. The zero-order valence-corrected chi connectivity index (χ0v) is 13.5. The first-order chi connectivity index (χ1) is 10.6. The number of ether oxygens (including phenoxy) is 1. The van der Waals surface area contributed by atoms with Crippen LogP contribution in [-0.2, 0) is 21.4 Å². The van der Waals surface area contributed by atoms with Crippen molar-refractivity contribution < 1.29 is 13.2 Å². The fourth-order valence-electron chi connectivity index (χ4n) is 1.95. The Morgan fingerprint density at radius 3 is 2.36 bits per heavy atom. The van der Waals surface area contributed by atoms with Crippen molar-refractivity contribution in [2.75, 3.05) is 13.2 Å². The summed E-state index contributed by atoms with van der Waals surface area (Å²) in [4.78, 5) is 0.295. The lowest BCUT2D eigenvalue weighted by molar-refractivity contribution is 0.119. The van der Waals surface area contributed by atoms with E-state index in [0.29, 0.717) is 31.1 Å². The van der Waals surface area contributed by atoms with Gasteiger partial charge in [0.15, 0.2) is 0 Å². The molecule has 0 saturated carbocycles. The normalized spacial score (nSPS) is 11.5. The van der Waals surface area contributed by atoms with Crippen molar-refractivity contribution in [2.24, 2.45) is 0 Å². The molecule has 0 atom stereocenters. The van der Waals surface area contributed by atoms with Gasteiger partial charge in [-0.2, -0.15) is 0 Å². The highest BCUT2D eigenvalue weighted by Gasteiger charge is 2.12. The lowest BCUT2D eigenvalue weighted by Crippen LogP contribution is -2.25. The largest absolute Gasteiger partial charge is 0.377 e. The Labute approximate surface area is 132 Å². The van der Waals surface area contributed by atoms with Gasteiger partial charge in [-0.05, 0) is 31.0 Å². The van der Waals surface area contributed by atoms with Gasteiger partial charge >= 0.3 is 0 Å². The summed E-state index contributed by atoms with van der Waals surface area (Å²) < 4.78 is 32.2. The van der Waals surface area contributed by atoms with E-state index < -0.39 is 10.0 Å². The zero-order chi connectivity index (χ0) is 15.8. The third-order valence-corrected chi connectivity index (χ3v) is 4.68. The highest BCUT2D eigenvalue weighted by atomic mass is 32.2. The van der Waals surface area contributed by atoms with Gasteiger partial charge < -0.3 is 4.74 Å². The van der Waals surface area contributed by atoms with Crippen LogP contribution in [0.1, 0.15) is 17.5 Å². The number of aryl methyl sites for hydroxylation is 1. The quantitative estimate of drug-likeness (QED) is 0.761. The molecule has 22 heavy (non-hydrogen) atoms. The molecule has 0 fully saturated rings. The van der Waals surface area contributed by atoms with Gasteiger partial charge in [0.2, 0.25) is 10.0 Å². The van der Waals surface area contributed by atoms with E-state index in [2.05, 4.69) is 4.72 Å². The maximum absolute atomic E-state index is 12.0. The number of rotatable bonds is 8. The number of nitrogens with one attached hydrogen (secondary N) is 1. The van der Waals surface area contributed by atoms with Crippen LogP contribution in [0.2, 0.25) is 0 Å². The highest BCUT2D eigenvalue weighted by Crippen LogP contribution is 2.09. The molecular formula is C17H21NO3S. The van der Waals surface area contributed by atoms with E-state index in [1.54, 1.807) is 24.3 Å². The minimum atomic E-state index is -3.42. The van der Waals surface area contributed by atoms with Gasteiger partial charge in [0, 0.05) is 13.2 Å². The topological polar surface area (TPSA) is 55.4 Å². The molecule has 0 aliphatic heterocycles. The fraction of sp³-hybridized carbons (Fsp3) is 0.294. The van der Waals surface area contributed by atoms with Gasteiger partial charge in [0.05, 0.1) is 11.5 Å². The first-order valence-corrected chi connectivity index (χ1v) is 8.74. The summed E-state index contributed by atoms with van der Waals surface area (Å²) >= 11 is 0. The molecule has 0 spiro atoms. The van der Waals surface area contributed by atoms with Crippen molar-refractivity contribution in [2.45, 2.75) is 24.8 Å². The first-order valence-electron chi connectivity index (χ1n) is 7.26. The van der Waals surface area contributed by atoms with E-state index in [1.165, 1.54) is 0 Å². The Morgan fingerprint density at radius 2 is 1.68 bits per heavy atom. The molecule has 1 N–H and O–H groups in total. The van der Waals surface area contributed by atoms with Gasteiger partial charge in [0.1, 0.15) is 0 Å². The van der Waals surface area contributed by atoms with Crippen LogP contribution in [0, 0.1) is 6.92 Å². The third-order valence-electron chi connectivity index (χ3n) is 3.20. The molecule has 0 aliphatic carbocycles. The minimum Gasteiger partial charge on any atom is -0.377 e. The van der Waals surface area contributed by atoms with E-state index in [9.17, 15) is 8.42 Å². The molecule has 118 valence electrons. The van der Waals surface area contributed by atoms with Gasteiger partial charge in [0.25, 0.3) is 0 Å². The summed E-state index contributed by atoms with van der Waals surface area (Å²) in [6.45, 7) is 3.36. The SMILES string of the molecule is Cc1ccc(S(=O)(=O)NCCCOCc2ccccc2)cc1. The predicted octanol–water partition coefficient (Wildman–Crippen LogP) is 2.88. The second kappa shape index (κ2) is 8.08. The maximum atomic E-state index is 12.0. The van der Waals surface area contributed by atoms with Gasteiger partial charge in [-0.3, -0.25) is 0 Å². The molecule has 0 radical (unpaired) electrons. The van der Waals surface area contributed by atoms with Crippen molar-refractivity contribution in [3.05, 3.63) is 65.7 Å². The van der Waals surface area contributed by atoms with Crippen LogP contribution in [0.15, 0.2) is 59.5 Å². The molecule has 0 unspecified atom stereocenters. The Kier molecular flexibility index (Phi) is 6.12. The molecule has 0 amide bonds. The van der Waals surface area contributed by atoms with Crippen molar-refractivity contribution >= 4 is 10.0 Å². The van der Waals surface area contributed by atoms with Crippen LogP contribution in [-0.4, -0.2) is 21.6 Å². The molecule has 2 aromatic rings. The second-order valence-electron chi connectivity index (χ2n) is 5.10. The molecule has 0 aromatic heterocycles. The van der Waals surface area contributed by atoms with Crippen molar-refractivity contribution in [3.8, 4) is 0 Å². The Bertz CT molecular complexity index is 667. The van der Waals surface area contributed by atoms with Crippen LogP contribution in [0.4, 0.5) is 0 Å². The van der Waals surface area contributed by atoms with Gasteiger partial charge in [-0.1, -0.05) is 48.0 Å². The maximum Gasteiger partial charge on any atom is 0.240 e. The third kappa shape index (κ3) is 5.26. The number of hydrogen-bond donors (Lipinski definition) is 1. The summed E-state index contributed by atoms with van der Waals surface area (Å²) in [5.41, 5.74) is 2.15. The standard InChI is InChI=1S/C17H21NO3S/c1-15-8-10-17(11-9-15)22(19,20)18-12-5-13-21-14-16-6-3-2-4-7-16/h2-4,6-11,18H,5,12-14H2,1H3. The van der Waals surface area contributed by atoms with Gasteiger partial charge in [-0.15, -0.1) is 0 Å². The highest BCUT2D eigenvalue weighted by molar-refractivity contribution is 7.89. The zero-order valence-electron chi connectivity index (χ0n) is 12.7. The molecule has 2 rings (SSSR count). The Morgan fingerprint density at radius 1 is 1.00 bits per heavy atom. The number of hydrogen-bond acceptors (Lipinski definition) is 3. The van der Waals surface area contributed by atoms with E-state index in [0.717, 1.165) is 11.1 Å². The molecule has 5 heteroatoms. The molecular weight excluding hydrogens is 298 g/mol. The predicted molar refractivity (Wildman–Crippen MR) is 87.1 cm³/mol. The van der Waals surface area contributed by atoms with E-state index >= 15 is 0 Å². The number of sulfonamides is 1. The van der Waals surface area contributed by atoms with Crippen molar-refractivity contribution in [1.82, 2.24) is 4.72 Å². The monoisotopic (exact) mass is 319 g/mol. The van der Waals surface area contributed by atoms with Crippen LogP contribution in [0.3, 0.4) is 0 Å². The minimum absolute atomic E-state index is 0.295. The summed E-state index contributed by atoms with van der Waals surface area (Å²) in [6.07, 6.45) is 0.637. The average molecular weight is 319 g/mol. The smallest absolute Gasteiger partial charge is 0.240 e. The van der Waals surface area contributed by atoms with Gasteiger partial charge in [-0.25, -0.2) is 13.1 Å². The lowest BCUT2D eigenvalue weighted by atomic mass is 10.2. The van der Waals surface area contributed by atoms with Crippen molar-refractivity contribution in [1.29, 1.82) is 0 Å².